The predicted molar refractivity (Wildman–Crippen MR) is 91.3 cm³/mol. The number of rotatable bonds is 4. The van der Waals surface area contributed by atoms with Crippen molar-refractivity contribution >= 4 is 21.6 Å². The van der Waals surface area contributed by atoms with Gasteiger partial charge in [0.25, 0.3) is 0 Å². The van der Waals surface area contributed by atoms with Gasteiger partial charge in [-0.15, -0.1) is 0 Å². The van der Waals surface area contributed by atoms with Crippen LogP contribution < -0.4 is 10.2 Å². The molecule has 0 amide bonds. The van der Waals surface area contributed by atoms with Crippen molar-refractivity contribution in [3.05, 3.63) is 28.2 Å². The van der Waals surface area contributed by atoms with Crippen LogP contribution >= 0.6 is 15.9 Å². The Hall–Kier alpha value is -0.540. The lowest BCUT2D eigenvalue weighted by Crippen LogP contribution is -2.28. The summed E-state index contributed by atoms with van der Waals surface area (Å²) in [7, 11) is 0. The summed E-state index contributed by atoms with van der Waals surface area (Å²) in [5.74, 6) is 0.868. The molecule has 2 nitrogen and oxygen atoms in total. The van der Waals surface area contributed by atoms with Gasteiger partial charge in [-0.1, -0.05) is 36.7 Å². The highest BCUT2D eigenvalue weighted by Crippen LogP contribution is 2.28. The molecule has 0 radical (unpaired) electrons. The zero-order chi connectivity index (χ0) is 14.5. The maximum Gasteiger partial charge on any atom is 0.0412 e. The molecule has 3 heteroatoms. The van der Waals surface area contributed by atoms with Crippen molar-refractivity contribution in [2.24, 2.45) is 5.92 Å². The fourth-order valence-electron chi connectivity index (χ4n) is 2.82. The number of nitrogens with one attached hydrogen (secondary N) is 1. The second-order valence-corrected chi connectivity index (χ2v) is 7.25. The van der Waals surface area contributed by atoms with Crippen LogP contribution in [0.5, 0.6) is 0 Å². The highest BCUT2D eigenvalue weighted by molar-refractivity contribution is 9.10. The second kappa shape index (κ2) is 7.46. The SMILES string of the molecule is CC1CCCN(c2ccc(Br)cc2CNC(C)C)CC1. The highest BCUT2D eigenvalue weighted by atomic mass is 79.9. The Morgan fingerprint density at radius 3 is 2.85 bits per heavy atom. The van der Waals surface area contributed by atoms with E-state index in [9.17, 15) is 0 Å². The van der Waals surface area contributed by atoms with Gasteiger partial charge in [-0.2, -0.15) is 0 Å². The summed E-state index contributed by atoms with van der Waals surface area (Å²) >= 11 is 3.61. The number of halogens is 1. The lowest BCUT2D eigenvalue weighted by Gasteiger charge is -2.26. The molecular weight excluding hydrogens is 312 g/mol. The van der Waals surface area contributed by atoms with Crippen molar-refractivity contribution in [3.63, 3.8) is 0 Å². The fraction of sp³-hybridized carbons (Fsp3) is 0.647. The first-order valence-corrected chi connectivity index (χ1v) is 8.62. The van der Waals surface area contributed by atoms with Crippen molar-refractivity contribution in [1.82, 2.24) is 5.32 Å². The normalized spacial score (nSPS) is 20.2. The molecule has 0 spiro atoms. The van der Waals surface area contributed by atoms with Gasteiger partial charge in [-0.25, -0.2) is 0 Å². The minimum Gasteiger partial charge on any atom is -0.371 e. The molecule has 1 aliphatic heterocycles. The molecule has 1 N–H and O–H groups in total. The quantitative estimate of drug-likeness (QED) is 0.864. The molecular formula is C17H27BrN2. The topological polar surface area (TPSA) is 15.3 Å². The van der Waals surface area contributed by atoms with Crippen molar-refractivity contribution in [1.29, 1.82) is 0 Å². The van der Waals surface area contributed by atoms with Crippen molar-refractivity contribution in [3.8, 4) is 0 Å². The van der Waals surface area contributed by atoms with Gasteiger partial charge in [-0.3, -0.25) is 0 Å². The summed E-state index contributed by atoms with van der Waals surface area (Å²) in [5, 5.41) is 3.55. The Kier molecular flexibility index (Phi) is 5.91. The van der Waals surface area contributed by atoms with E-state index in [1.54, 1.807) is 0 Å². The van der Waals surface area contributed by atoms with Crippen molar-refractivity contribution < 1.29 is 0 Å². The number of anilines is 1. The summed E-state index contributed by atoms with van der Waals surface area (Å²) < 4.78 is 1.17. The summed E-state index contributed by atoms with van der Waals surface area (Å²) in [6.07, 6.45) is 3.99. The first kappa shape index (κ1) is 15.8. The lowest BCUT2D eigenvalue weighted by atomic mass is 10.0. The molecule has 0 saturated carbocycles. The number of benzene rings is 1. The molecule has 1 fully saturated rings. The minimum absolute atomic E-state index is 0.519. The van der Waals surface area contributed by atoms with E-state index >= 15 is 0 Å². The predicted octanol–water partition coefficient (Wildman–Crippen LogP) is 4.57. The van der Waals surface area contributed by atoms with Crippen LogP contribution in [0.1, 0.15) is 45.6 Å². The minimum atomic E-state index is 0.519. The maximum atomic E-state index is 3.61. The van der Waals surface area contributed by atoms with Gasteiger partial charge in [0.05, 0.1) is 0 Å². The first-order chi connectivity index (χ1) is 9.56. The molecule has 2 rings (SSSR count). The van der Waals surface area contributed by atoms with Crippen LogP contribution in [-0.4, -0.2) is 19.1 Å². The van der Waals surface area contributed by atoms with Gasteiger partial charge < -0.3 is 10.2 Å². The zero-order valence-corrected chi connectivity index (χ0v) is 14.5. The maximum absolute atomic E-state index is 3.61. The first-order valence-electron chi connectivity index (χ1n) is 7.83. The van der Waals surface area contributed by atoms with E-state index in [0.29, 0.717) is 6.04 Å². The monoisotopic (exact) mass is 338 g/mol. The van der Waals surface area contributed by atoms with E-state index in [1.165, 1.54) is 48.1 Å². The van der Waals surface area contributed by atoms with E-state index < -0.39 is 0 Å². The van der Waals surface area contributed by atoms with Crippen LogP contribution in [0.15, 0.2) is 22.7 Å². The average Bonchev–Trinajstić information content (AvgIpc) is 2.61. The van der Waals surface area contributed by atoms with Gasteiger partial charge in [-0.05, 0) is 48.9 Å². The van der Waals surface area contributed by atoms with Crippen LogP contribution in [0, 0.1) is 5.92 Å². The number of hydrogen-bond donors (Lipinski definition) is 1. The lowest BCUT2D eigenvalue weighted by molar-refractivity contribution is 0.521. The Bertz CT molecular complexity index is 431. The molecule has 0 aromatic heterocycles. The van der Waals surface area contributed by atoms with Crippen LogP contribution in [0.25, 0.3) is 0 Å². The third-order valence-electron chi connectivity index (χ3n) is 4.10. The molecule has 112 valence electrons. The third-order valence-corrected chi connectivity index (χ3v) is 4.59. The van der Waals surface area contributed by atoms with E-state index in [4.69, 9.17) is 0 Å². The molecule has 0 bridgehead atoms. The number of nitrogens with zero attached hydrogens (tertiary/aromatic N) is 1. The van der Waals surface area contributed by atoms with Crippen molar-refractivity contribution in [2.45, 2.75) is 52.6 Å². The van der Waals surface area contributed by atoms with Gasteiger partial charge >= 0.3 is 0 Å². The van der Waals surface area contributed by atoms with Gasteiger partial charge in [0.1, 0.15) is 0 Å². The molecule has 1 heterocycles. The molecule has 1 aromatic rings. The Morgan fingerprint density at radius 2 is 2.10 bits per heavy atom. The summed E-state index contributed by atoms with van der Waals surface area (Å²) in [5.41, 5.74) is 2.82. The Morgan fingerprint density at radius 1 is 1.30 bits per heavy atom. The summed E-state index contributed by atoms with van der Waals surface area (Å²) in [6.45, 7) is 10.1. The Balaban J connectivity index is 2.16. The van der Waals surface area contributed by atoms with Crippen LogP contribution in [0.2, 0.25) is 0 Å². The van der Waals surface area contributed by atoms with Gasteiger partial charge in [0, 0.05) is 35.8 Å². The molecule has 20 heavy (non-hydrogen) atoms. The van der Waals surface area contributed by atoms with Crippen LogP contribution in [0.3, 0.4) is 0 Å². The van der Waals surface area contributed by atoms with E-state index in [2.05, 4.69) is 65.1 Å². The highest BCUT2D eigenvalue weighted by Gasteiger charge is 2.16. The zero-order valence-electron chi connectivity index (χ0n) is 13.0. The number of hydrogen-bond acceptors (Lipinski definition) is 2. The fourth-order valence-corrected chi connectivity index (χ4v) is 3.23. The van der Waals surface area contributed by atoms with E-state index in [0.717, 1.165) is 12.5 Å². The molecule has 1 unspecified atom stereocenters. The summed E-state index contributed by atoms with van der Waals surface area (Å²) in [4.78, 5) is 2.58. The van der Waals surface area contributed by atoms with Crippen molar-refractivity contribution in [2.75, 3.05) is 18.0 Å². The standard InChI is InChI=1S/C17H27BrN2/c1-13(2)19-12-15-11-16(18)6-7-17(15)20-9-4-5-14(3)8-10-20/h6-7,11,13-14,19H,4-5,8-10,12H2,1-3H3. The largest absolute Gasteiger partial charge is 0.371 e. The molecule has 1 aromatic carbocycles. The van der Waals surface area contributed by atoms with Crippen LogP contribution in [-0.2, 0) is 6.54 Å². The molecule has 1 aliphatic rings. The molecule has 1 atom stereocenters. The van der Waals surface area contributed by atoms with Gasteiger partial charge in [0.15, 0.2) is 0 Å². The molecule has 1 saturated heterocycles. The van der Waals surface area contributed by atoms with Gasteiger partial charge in [0.2, 0.25) is 0 Å². The van der Waals surface area contributed by atoms with E-state index in [-0.39, 0.29) is 0 Å². The second-order valence-electron chi connectivity index (χ2n) is 6.33. The van der Waals surface area contributed by atoms with Crippen LogP contribution in [0.4, 0.5) is 5.69 Å². The summed E-state index contributed by atoms with van der Waals surface area (Å²) in [6, 6.07) is 7.23. The van der Waals surface area contributed by atoms with E-state index in [1.807, 2.05) is 0 Å². The smallest absolute Gasteiger partial charge is 0.0412 e. The average molecular weight is 339 g/mol. The Labute approximate surface area is 132 Å². The molecule has 0 aliphatic carbocycles. The third kappa shape index (κ3) is 4.49.